The van der Waals surface area contributed by atoms with Crippen LogP contribution in [0.4, 0.5) is 5.69 Å². The fraction of sp³-hybridized carbons (Fsp3) is 0.350. The Morgan fingerprint density at radius 2 is 2.04 bits per heavy atom. The van der Waals surface area contributed by atoms with Gasteiger partial charge in [-0.15, -0.1) is 5.10 Å². The number of aliphatic hydroxyl groups excluding tert-OH is 1. The number of imidazole rings is 1. The maximum atomic E-state index is 11.3. The average molecular weight is 366 g/mol. The minimum atomic E-state index is -0.212. The van der Waals surface area contributed by atoms with Crippen LogP contribution in [0.1, 0.15) is 32.6 Å². The van der Waals surface area contributed by atoms with Gasteiger partial charge in [0.15, 0.2) is 5.65 Å². The molecule has 4 rings (SSSR count). The van der Waals surface area contributed by atoms with E-state index in [4.69, 9.17) is 4.74 Å². The first kappa shape index (κ1) is 17.5. The van der Waals surface area contributed by atoms with Crippen molar-refractivity contribution in [1.82, 2.24) is 14.6 Å². The van der Waals surface area contributed by atoms with Gasteiger partial charge in [-0.2, -0.15) is 0 Å². The van der Waals surface area contributed by atoms with Crippen LogP contribution in [0.2, 0.25) is 0 Å². The minimum absolute atomic E-state index is 0.0772. The van der Waals surface area contributed by atoms with E-state index >= 15 is 0 Å². The van der Waals surface area contributed by atoms with Crippen LogP contribution in [-0.2, 0) is 4.79 Å². The average Bonchev–Trinajstić information content (AvgIpc) is 3.06. The summed E-state index contributed by atoms with van der Waals surface area (Å²) in [5.74, 6) is 0.429. The van der Waals surface area contributed by atoms with Crippen molar-refractivity contribution in [2.24, 2.45) is 0 Å². The molecule has 0 unspecified atom stereocenters. The van der Waals surface area contributed by atoms with Gasteiger partial charge < -0.3 is 15.2 Å². The second kappa shape index (κ2) is 7.36. The summed E-state index contributed by atoms with van der Waals surface area (Å²) in [5.41, 5.74) is 3.17. The van der Waals surface area contributed by atoms with E-state index < -0.39 is 0 Å². The molecule has 0 spiro atoms. The van der Waals surface area contributed by atoms with Crippen LogP contribution >= 0.6 is 0 Å². The van der Waals surface area contributed by atoms with Crippen LogP contribution in [0, 0.1) is 0 Å². The number of hydrogen-bond acceptors (Lipinski definition) is 5. The van der Waals surface area contributed by atoms with Gasteiger partial charge in [0.2, 0.25) is 11.8 Å². The molecule has 2 N–H and O–H groups in total. The lowest BCUT2D eigenvalue weighted by Gasteiger charge is -2.25. The molecule has 1 aliphatic carbocycles. The molecule has 3 aromatic rings. The Balaban J connectivity index is 1.61. The summed E-state index contributed by atoms with van der Waals surface area (Å²) in [7, 11) is 0. The monoisotopic (exact) mass is 366 g/mol. The number of nitrogens with zero attached hydrogens (tertiary/aromatic N) is 3. The summed E-state index contributed by atoms with van der Waals surface area (Å²) in [4.78, 5) is 15.7. The highest BCUT2D eigenvalue weighted by molar-refractivity contribution is 5.89. The molecule has 7 heteroatoms. The maximum absolute atomic E-state index is 11.3. The third-order valence-corrected chi connectivity index (χ3v) is 4.75. The number of anilines is 1. The third kappa shape index (κ3) is 3.93. The van der Waals surface area contributed by atoms with Gasteiger partial charge in [-0.05, 0) is 43.9 Å². The lowest BCUT2D eigenvalue weighted by Crippen LogP contribution is -2.26. The summed E-state index contributed by atoms with van der Waals surface area (Å²) in [6.07, 6.45) is 4.81. The Kier molecular flexibility index (Phi) is 4.77. The van der Waals surface area contributed by atoms with Crippen molar-refractivity contribution in [3.63, 3.8) is 0 Å². The van der Waals surface area contributed by atoms with Crippen molar-refractivity contribution in [2.75, 3.05) is 5.32 Å². The van der Waals surface area contributed by atoms with Gasteiger partial charge >= 0.3 is 0 Å². The quantitative estimate of drug-likeness (QED) is 0.741. The molecule has 140 valence electrons. The van der Waals surface area contributed by atoms with Gasteiger partial charge in [0.1, 0.15) is 6.10 Å². The molecule has 2 heterocycles. The van der Waals surface area contributed by atoms with Gasteiger partial charge in [0.25, 0.3) is 0 Å². The first-order valence-corrected chi connectivity index (χ1v) is 9.16. The molecule has 0 aliphatic heterocycles. The number of aliphatic hydroxyl groups is 1. The van der Waals surface area contributed by atoms with Crippen LogP contribution in [0.15, 0.2) is 42.6 Å². The van der Waals surface area contributed by atoms with Crippen LogP contribution in [0.5, 0.6) is 5.88 Å². The Hall–Kier alpha value is -2.93. The van der Waals surface area contributed by atoms with E-state index in [0.29, 0.717) is 5.88 Å². The lowest BCUT2D eigenvalue weighted by atomic mass is 9.95. The second-order valence-corrected chi connectivity index (χ2v) is 6.90. The van der Waals surface area contributed by atoms with E-state index in [9.17, 15) is 9.90 Å². The molecule has 0 radical (unpaired) electrons. The van der Waals surface area contributed by atoms with Gasteiger partial charge in [0, 0.05) is 24.2 Å². The number of carbonyl (C=O) groups excluding carboxylic acids is 1. The smallest absolute Gasteiger partial charge is 0.232 e. The van der Waals surface area contributed by atoms with Crippen molar-refractivity contribution in [3.8, 4) is 17.1 Å². The van der Waals surface area contributed by atoms with Gasteiger partial charge in [-0.1, -0.05) is 12.1 Å². The molecule has 1 fully saturated rings. The van der Waals surface area contributed by atoms with Gasteiger partial charge in [-0.3, -0.25) is 4.79 Å². The molecule has 1 amide bonds. The highest BCUT2D eigenvalue weighted by Crippen LogP contribution is 2.26. The number of ether oxygens (including phenoxy) is 1. The number of hydrogen-bond donors (Lipinski definition) is 2. The fourth-order valence-corrected chi connectivity index (χ4v) is 3.41. The Morgan fingerprint density at radius 1 is 1.22 bits per heavy atom. The van der Waals surface area contributed by atoms with Crippen LogP contribution < -0.4 is 10.1 Å². The molecule has 1 aromatic carbocycles. The number of benzene rings is 1. The molecule has 7 nitrogen and oxygen atoms in total. The second-order valence-electron chi connectivity index (χ2n) is 6.90. The molecular weight excluding hydrogens is 344 g/mol. The zero-order valence-corrected chi connectivity index (χ0v) is 15.1. The maximum Gasteiger partial charge on any atom is 0.232 e. The molecule has 2 aromatic heterocycles. The number of carbonyl (C=O) groups is 1. The standard InChI is InChI=1S/C20H22N4O3/c1-13(25)22-15-4-2-3-14(11-15)18-12-21-19-9-10-20(23-24(18)19)27-17-7-5-16(26)6-8-17/h2-4,9-12,16-17,26H,5-8H2,1H3,(H,22,25)/t16-,17-. The number of aromatic nitrogens is 3. The lowest BCUT2D eigenvalue weighted by molar-refractivity contribution is -0.114. The summed E-state index contributed by atoms with van der Waals surface area (Å²) in [6.45, 7) is 1.48. The zero-order valence-electron chi connectivity index (χ0n) is 15.1. The number of nitrogens with one attached hydrogen (secondary N) is 1. The van der Waals surface area contributed by atoms with Crippen LogP contribution in [0.25, 0.3) is 16.9 Å². The predicted octanol–water partition coefficient (Wildman–Crippen LogP) is 3.04. The fourth-order valence-electron chi connectivity index (χ4n) is 3.41. The Bertz CT molecular complexity index is 961. The molecule has 1 saturated carbocycles. The van der Waals surface area contributed by atoms with Crippen molar-refractivity contribution >= 4 is 17.2 Å². The first-order chi connectivity index (χ1) is 13.1. The molecule has 1 aliphatic rings. The van der Waals surface area contributed by atoms with Crippen molar-refractivity contribution in [3.05, 3.63) is 42.6 Å². The Labute approximate surface area is 157 Å². The normalized spacial score (nSPS) is 19.8. The highest BCUT2D eigenvalue weighted by atomic mass is 16.5. The van der Waals surface area contributed by atoms with Crippen LogP contribution in [-0.4, -0.2) is 37.8 Å². The van der Waals surface area contributed by atoms with E-state index in [2.05, 4.69) is 15.4 Å². The number of fused-ring (bicyclic) bond motifs is 1. The van der Waals surface area contributed by atoms with Gasteiger partial charge in [-0.25, -0.2) is 9.50 Å². The summed E-state index contributed by atoms with van der Waals surface area (Å²) < 4.78 is 7.77. The first-order valence-electron chi connectivity index (χ1n) is 9.16. The molecule has 27 heavy (non-hydrogen) atoms. The summed E-state index contributed by atoms with van der Waals surface area (Å²) >= 11 is 0. The largest absolute Gasteiger partial charge is 0.473 e. The number of amides is 1. The zero-order chi connectivity index (χ0) is 18.8. The molecule has 0 atom stereocenters. The van der Waals surface area contributed by atoms with Crippen molar-refractivity contribution in [2.45, 2.75) is 44.8 Å². The van der Waals surface area contributed by atoms with E-state index in [-0.39, 0.29) is 18.1 Å². The topological polar surface area (TPSA) is 88.8 Å². The molecule has 0 saturated heterocycles. The Morgan fingerprint density at radius 3 is 2.81 bits per heavy atom. The van der Waals surface area contributed by atoms with Crippen molar-refractivity contribution in [1.29, 1.82) is 0 Å². The molecular formula is C20H22N4O3. The van der Waals surface area contributed by atoms with Crippen molar-refractivity contribution < 1.29 is 14.6 Å². The minimum Gasteiger partial charge on any atom is -0.473 e. The van der Waals surface area contributed by atoms with E-state index in [1.807, 2.05) is 36.4 Å². The third-order valence-electron chi connectivity index (χ3n) is 4.75. The highest BCUT2D eigenvalue weighted by Gasteiger charge is 2.21. The van der Waals surface area contributed by atoms with Gasteiger partial charge in [0.05, 0.1) is 18.0 Å². The van der Waals surface area contributed by atoms with Crippen LogP contribution in [0.3, 0.4) is 0 Å². The van der Waals surface area contributed by atoms with E-state index in [1.165, 1.54) is 6.92 Å². The van der Waals surface area contributed by atoms with E-state index in [1.54, 1.807) is 10.7 Å². The summed E-state index contributed by atoms with van der Waals surface area (Å²) in [6, 6.07) is 11.3. The molecule has 0 bridgehead atoms. The summed E-state index contributed by atoms with van der Waals surface area (Å²) in [5, 5.41) is 17.0. The number of rotatable bonds is 4. The predicted molar refractivity (Wildman–Crippen MR) is 102 cm³/mol. The van der Waals surface area contributed by atoms with E-state index in [0.717, 1.165) is 48.3 Å². The SMILES string of the molecule is CC(=O)Nc1cccc(-c2cnc3ccc(O[C@H]4CC[C@H](O)CC4)nn23)c1.